The molecular formula is C33H44N8O. The lowest BCUT2D eigenvalue weighted by Gasteiger charge is -2.46. The average Bonchev–Trinajstić information content (AvgIpc) is 3.01. The van der Waals surface area contributed by atoms with Crippen molar-refractivity contribution in [3.05, 3.63) is 53.7 Å². The Kier molecular flexibility index (Phi) is 8.34. The van der Waals surface area contributed by atoms with Crippen molar-refractivity contribution in [2.24, 2.45) is 0 Å². The van der Waals surface area contributed by atoms with Crippen LogP contribution < -0.4 is 14.7 Å². The fourth-order valence-electron chi connectivity index (χ4n) is 7.50. The Morgan fingerprint density at radius 3 is 2.67 bits per heavy atom. The van der Waals surface area contributed by atoms with Crippen LogP contribution in [0.3, 0.4) is 0 Å². The van der Waals surface area contributed by atoms with Gasteiger partial charge < -0.3 is 19.6 Å². The highest BCUT2D eigenvalue weighted by molar-refractivity contribution is 5.87. The van der Waals surface area contributed by atoms with Gasteiger partial charge in [-0.1, -0.05) is 38.6 Å². The number of benzene rings is 1. The number of aromatic nitrogens is 2. The number of nitrogens with zero attached hydrogens (tertiary/aromatic N) is 8. The largest absolute Gasteiger partial charge is 0.368 e. The van der Waals surface area contributed by atoms with Gasteiger partial charge in [0, 0.05) is 69.0 Å². The molecule has 0 bridgehead atoms. The fourth-order valence-corrected chi connectivity index (χ4v) is 7.50. The number of hydrogen-bond acceptors (Lipinski definition) is 8. The molecule has 0 radical (unpaired) electrons. The predicted molar refractivity (Wildman–Crippen MR) is 167 cm³/mol. The number of piperazine rings is 1. The molecule has 9 heteroatoms. The normalized spacial score (nSPS) is 22.3. The highest BCUT2D eigenvalue weighted by atomic mass is 16.2. The Hall–Kier alpha value is -3.64. The molecule has 1 aromatic heterocycles. The van der Waals surface area contributed by atoms with Gasteiger partial charge in [0.05, 0.1) is 24.2 Å². The van der Waals surface area contributed by atoms with E-state index >= 15 is 0 Å². The summed E-state index contributed by atoms with van der Waals surface area (Å²) in [6, 6.07) is 12.0. The van der Waals surface area contributed by atoms with E-state index in [-0.39, 0.29) is 11.9 Å². The number of carbonyl (C=O) groups is 1. The highest BCUT2D eigenvalue weighted by Gasteiger charge is 2.37. The molecule has 0 spiro atoms. The third kappa shape index (κ3) is 5.33. The third-order valence-corrected chi connectivity index (χ3v) is 9.84. The van der Waals surface area contributed by atoms with Crippen molar-refractivity contribution in [2.75, 3.05) is 67.1 Å². The molecule has 0 N–H and O–H groups in total. The maximum absolute atomic E-state index is 12.6. The number of hydrogen-bond donors (Lipinski definition) is 0. The maximum Gasteiger partial charge on any atom is 0.246 e. The molecule has 0 unspecified atom stereocenters. The van der Waals surface area contributed by atoms with Crippen molar-refractivity contribution in [2.45, 2.75) is 70.5 Å². The van der Waals surface area contributed by atoms with Crippen molar-refractivity contribution in [3.8, 4) is 6.07 Å². The molecule has 3 aliphatic heterocycles. The second kappa shape index (κ2) is 12.3. The van der Waals surface area contributed by atoms with E-state index in [1.54, 1.807) is 4.90 Å². The first kappa shape index (κ1) is 28.5. The van der Waals surface area contributed by atoms with Crippen LogP contribution in [0.5, 0.6) is 0 Å². The van der Waals surface area contributed by atoms with E-state index in [1.807, 2.05) is 0 Å². The Balaban J connectivity index is 1.31. The molecule has 222 valence electrons. The molecule has 6 rings (SSSR count). The summed E-state index contributed by atoms with van der Waals surface area (Å²) < 4.78 is 0. The molecule has 2 aromatic rings. The molecule has 4 aliphatic rings. The maximum atomic E-state index is 12.6. The molecular weight excluding hydrogens is 524 g/mol. The van der Waals surface area contributed by atoms with Gasteiger partial charge >= 0.3 is 0 Å². The Morgan fingerprint density at radius 2 is 1.90 bits per heavy atom. The van der Waals surface area contributed by atoms with Crippen LogP contribution in [-0.2, 0) is 24.1 Å². The molecule has 1 aromatic carbocycles. The van der Waals surface area contributed by atoms with Crippen LogP contribution >= 0.6 is 0 Å². The monoisotopic (exact) mass is 568 g/mol. The van der Waals surface area contributed by atoms with Gasteiger partial charge in [0.15, 0.2) is 0 Å². The summed E-state index contributed by atoms with van der Waals surface area (Å²) >= 11 is 0. The van der Waals surface area contributed by atoms with Crippen molar-refractivity contribution in [1.29, 1.82) is 5.26 Å². The van der Waals surface area contributed by atoms with E-state index in [1.165, 1.54) is 35.0 Å². The second-order valence-electron chi connectivity index (χ2n) is 12.1. The third-order valence-electron chi connectivity index (χ3n) is 9.84. The van der Waals surface area contributed by atoms with Crippen LogP contribution in [0.1, 0.15) is 49.9 Å². The lowest BCUT2D eigenvalue weighted by molar-refractivity contribution is -0.128. The van der Waals surface area contributed by atoms with Gasteiger partial charge in [-0.15, -0.1) is 0 Å². The summed E-state index contributed by atoms with van der Waals surface area (Å²) in [5, 5.41) is 9.56. The second-order valence-corrected chi connectivity index (χ2v) is 12.1. The number of likely N-dealkylation sites (N-methyl/N-ethyl adjacent to an activating group) is 1. The first-order valence-corrected chi connectivity index (χ1v) is 15.8. The Labute approximate surface area is 250 Å². The fraction of sp³-hybridized carbons (Fsp3) is 0.576. The zero-order chi connectivity index (χ0) is 29.2. The summed E-state index contributed by atoms with van der Waals surface area (Å²) in [6.07, 6.45) is 6.92. The van der Waals surface area contributed by atoms with E-state index in [0.717, 1.165) is 70.2 Å². The van der Waals surface area contributed by atoms with Gasteiger partial charge in [-0.2, -0.15) is 10.2 Å². The average molecular weight is 569 g/mol. The summed E-state index contributed by atoms with van der Waals surface area (Å²) in [4.78, 5) is 34.7. The molecule has 42 heavy (non-hydrogen) atoms. The minimum Gasteiger partial charge on any atom is -0.368 e. The SMILES string of the molecule is C=CC(=O)N1CCN(c2nc(N3CC(N(CC)CC)C3)nc3c2CC[C@H](N2CCCc4ccccc42)C3)C[C@@H]1CC#N. The van der Waals surface area contributed by atoms with E-state index < -0.39 is 0 Å². The minimum absolute atomic E-state index is 0.104. The van der Waals surface area contributed by atoms with Gasteiger partial charge in [0.2, 0.25) is 11.9 Å². The number of amides is 1. The minimum atomic E-state index is -0.180. The zero-order valence-corrected chi connectivity index (χ0v) is 25.2. The summed E-state index contributed by atoms with van der Waals surface area (Å²) in [7, 11) is 0. The standard InChI is InChI=1S/C33H44N8O/c1-4-31(42)41-19-18-38(21-26(41)15-16-34)32-28-14-13-25(40-17-9-11-24-10-7-8-12-30(24)40)20-29(28)35-33(36-32)39-22-27(23-39)37(5-2)6-3/h4,7-8,10,12,25-27H,1,5-6,9,11,13-15,17-23H2,2-3H3/t25-,26-/m0/s1. The van der Waals surface area contributed by atoms with E-state index in [9.17, 15) is 10.1 Å². The highest BCUT2D eigenvalue weighted by Crippen LogP contribution is 2.37. The number of nitriles is 1. The number of para-hydroxylation sites is 1. The van der Waals surface area contributed by atoms with Crippen molar-refractivity contribution < 1.29 is 4.79 Å². The van der Waals surface area contributed by atoms with Gasteiger partial charge in [0.25, 0.3) is 0 Å². The van der Waals surface area contributed by atoms with Gasteiger partial charge in [0.1, 0.15) is 5.82 Å². The Morgan fingerprint density at radius 1 is 1.10 bits per heavy atom. The molecule has 9 nitrogen and oxygen atoms in total. The number of rotatable bonds is 8. The molecule has 1 amide bonds. The lowest BCUT2D eigenvalue weighted by Crippen LogP contribution is -2.60. The number of carbonyl (C=O) groups excluding carboxylic acids is 1. The van der Waals surface area contributed by atoms with Gasteiger partial charge in [-0.3, -0.25) is 9.69 Å². The van der Waals surface area contributed by atoms with Crippen molar-refractivity contribution >= 4 is 23.4 Å². The van der Waals surface area contributed by atoms with Crippen LogP contribution in [0.15, 0.2) is 36.9 Å². The molecule has 1 aliphatic carbocycles. The lowest BCUT2D eigenvalue weighted by atomic mass is 9.88. The molecule has 0 saturated carbocycles. The molecule has 2 atom stereocenters. The smallest absolute Gasteiger partial charge is 0.246 e. The van der Waals surface area contributed by atoms with Gasteiger partial charge in [-0.25, -0.2) is 4.98 Å². The number of anilines is 3. The zero-order valence-electron chi connectivity index (χ0n) is 25.2. The van der Waals surface area contributed by atoms with Crippen molar-refractivity contribution in [3.63, 3.8) is 0 Å². The summed E-state index contributed by atoms with van der Waals surface area (Å²) in [6.45, 7) is 15.1. The Bertz CT molecular complexity index is 1340. The molecule has 2 saturated heterocycles. The topological polar surface area (TPSA) is 82.8 Å². The van der Waals surface area contributed by atoms with Crippen molar-refractivity contribution in [1.82, 2.24) is 19.8 Å². The quantitative estimate of drug-likeness (QED) is 0.448. The van der Waals surface area contributed by atoms with Crippen LogP contribution in [-0.4, -0.2) is 96.2 Å². The van der Waals surface area contributed by atoms with Crippen LogP contribution in [0, 0.1) is 11.3 Å². The first-order chi connectivity index (χ1) is 20.5. The van der Waals surface area contributed by atoms with E-state index in [4.69, 9.17) is 9.97 Å². The summed E-state index contributed by atoms with van der Waals surface area (Å²) in [5.74, 6) is 1.73. The van der Waals surface area contributed by atoms with Crippen LogP contribution in [0.2, 0.25) is 0 Å². The summed E-state index contributed by atoms with van der Waals surface area (Å²) in [5.41, 5.74) is 5.26. The first-order valence-electron chi connectivity index (χ1n) is 15.8. The van der Waals surface area contributed by atoms with E-state index in [0.29, 0.717) is 38.1 Å². The van der Waals surface area contributed by atoms with Crippen LogP contribution in [0.25, 0.3) is 0 Å². The van der Waals surface area contributed by atoms with E-state index in [2.05, 4.69) is 70.4 Å². The van der Waals surface area contributed by atoms with Gasteiger partial charge in [-0.05, 0) is 56.5 Å². The number of fused-ring (bicyclic) bond motifs is 2. The molecule has 2 fully saturated rings. The number of aryl methyl sites for hydroxylation is 1. The molecule has 4 heterocycles. The van der Waals surface area contributed by atoms with Crippen LogP contribution in [0.4, 0.5) is 17.5 Å². The predicted octanol–water partition coefficient (Wildman–Crippen LogP) is 3.43.